The highest BCUT2D eigenvalue weighted by molar-refractivity contribution is 7.15. The molecule has 2 N–H and O–H groups in total. The van der Waals surface area contributed by atoms with Crippen LogP contribution in [0.15, 0.2) is 41.5 Å². The van der Waals surface area contributed by atoms with Gasteiger partial charge in [-0.15, -0.1) is 21.5 Å². The SMILES string of the molecule is CCn1nccc1Nc1ccc(C2=NC([C@H](CCOC)C(=O)O)c3nnc(C)n3-c3sc(C)c(C)c32)cc1. The van der Waals surface area contributed by atoms with Crippen molar-refractivity contribution >= 4 is 34.5 Å². The van der Waals surface area contributed by atoms with Crippen LogP contribution in [-0.4, -0.2) is 55.0 Å². The molecule has 2 atom stereocenters. The van der Waals surface area contributed by atoms with E-state index in [-0.39, 0.29) is 0 Å². The molecule has 4 aromatic rings. The summed E-state index contributed by atoms with van der Waals surface area (Å²) in [4.78, 5) is 18.8. The van der Waals surface area contributed by atoms with Crippen LogP contribution in [0.25, 0.3) is 5.00 Å². The van der Waals surface area contributed by atoms with Gasteiger partial charge in [0.15, 0.2) is 5.82 Å². The molecule has 198 valence electrons. The lowest BCUT2D eigenvalue weighted by Crippen LogP contribution is -2.25. The third kappa shape index (κ3) is 4.52. The van der Waals surface area contributed by atoms with E-state index in [9.17, 15) is 9.90 Å². The molecule has 0 bridgehead atoms. The first-order valence-corrected chi connectivity index (χ1v) is 13.4. The summed E-state index contributed by atoms with van der Waals surface area (Å²) < 4.78 is 9.11. The lowest BCUT2D eigenvalue weighted by atomic mass is 9.95. The fraction of sp³-hybridized carbons (Fsp3) is 0.370. The molecule has 3 aromatic heterocycles. The van der Waals surface area contributed by atoms with Crippen LogP contribution < -0.4 is 5.32 Å². The number of fused-ring (bicyclic) bond motifs is 3. The number of ether oxygens (including phenoxy) is 1. The highest BCUT2D eigenvalue weighted by Crippen LogP contribution is 2.41. The minimum absolute atomic E-state index is 0.304. The molecule has 1 aliphatic rings. The molecule has 5 rings (SSSR count). The monoisotopic (exact) mass is 533 g/mol. The largest absolute Gasteiger partial charge is 0.481 e. The second-order valence-corrected chi connectivity index (χ2v) is 10.5. The van der Waals surface area contributed by atoms with Gasteiger partial charge in [-0.2, -0.15) is 5.10 Å². The van der Waals surface area contributed by atoms with Gasteiger partial charge in [0.05, 0.1) is 17.8 Å². The number of methoxy groups -OCH3 is 1. The Morgan fingerprint density at radius 3 is 2.63 bits per heavy atom. The number of hydrogen-bond donors (Lipinski definition) is 2. The number of benzene rings is 1. The van der Waals surface area contributed by atoms with Crippen LogP contribution in [0, 0.1) is 26.7 Å². The summed E-state index contributed by atoms with van der Waals surface area (Å²) in [6, 6.07) is 9.25. The first-order valence-electron chi connectivity index (χ1n) is 12.6. The zero-order chi connectivity index (χ0) is 27.0. The molecule has 1 unspecified atom stereocenters. The Hall–Kier alpha value is -3.83. The molecule has 0 radical (unpaired) electrons. The molecule has 0 amide bonds. The van der Waals surface area contributed by atoms with E-state index in [0.29, 0.717) is 24.7 Å². The lowest BCUT2D eigenvalue weighted by molar-refractivity contribution is -0.143. The molecule has 1 aromatic carbocycles. The number of carboxylic acids is 1. The predicted molar refractivity (Wildman–Crippen MR) is 147 cm³/mol. The van der Waals surface area contributed by atoms with E-state index in [1.807, 2.05) is 53.4 Å². The smallest absolute Gasteiger partial charge is 0.309 e. The van der Waals surface area contributed by atoms with Crippen molar-refractivity contribution in [3.63, 3.8) is 0 Å². The molecule has 4 heterocycles. The summed E-state index contributed by atoms with van der Waals surface area (Å²) in [5, 5.41) is 27.7. The van der Waals surface area contributed by atoms with Crippen molar-refractivity contribution < 1.29 is 14.6 Å². The molecular weight excluding hydrogens is 502 g/mol. The van der Waals surface area contributed by atoms with Crippen LogP contribution in [0.4, 0.5) is 11.5 Å². The quantitative estimate of drug-likeness (QED) is 0.316. The van der Waals surface area contributed by atoms with Crippen molar-refractivity contribution in [3.8, 4) is 5.00 Å². The number of carboxylic acid groups (broad SMARTS) is 1. The second kappa shape index (κ2) is 10.5. The second-order valence-electron chi connectivity index (χ2n) is 9.29. The fourth-order valence-corrected chi connectivity index (χ4v) is 6.04. The number of thiophene rings is 1. The average Bonchev–Trinajstić information content (AvgIpc) is 3.56. The number of aryl methyl sites for hydroxylation is 3. The van der Waals surface area contributed by atoms with Crippen molar-refractivity contribution in [3.05, 3.63) is 69.7 Å². The van der Waals surface area contributed by atoms with E-state index < -0.39 is 17.9 Å². The predicted octanol–water partition coefficient (Wildman–Crippen LogP) is 4.84. The lowest BCUT2D eigenvalue weighted by Gasteiger charge is -2.20. The minimum Gasteiger partial charge on any atom is -0.481 e. The maximum absolute atomic E-state index is 12.5. The number of anilines is 2. The van der Waals surface area contributed by atoms with Crippen molar-refractivity contribution in [1.29, 1.82) is 0 Å². The molecule has 10 nitrogen and oxygen atoms in total. The summed E-state index contributed by atoms with van der Waals surface area (Å²) >= 11 is 1.65. The third-order valence-corrected chi connectivity index (χ3v) is 8.16. The molecule has 0 saturated heterocycles. The fourth-order valence-electron chi connectivity index (χ4n) is 4.83. The van der Waals surface area contributed by atoms with Crippen LogP contribution in [-0.2, 0) is 16.1 Å². The number of carbonyl (C=O) groups is 1. The number of aliphatic carboxylic acids is 1. The normalized spacial score (nSPS) is 15.4. The Bertz CT molecular complexity index is 1500. The zero-order valence-electron chi connectivity index (χ0n) is 22.1. The van der Waals surface area contributed by atoms with Gasteiger partial charge in [-0.05, 0) is 51.8 Å². The number of hydrogen-bond acceptors (Lipinski definition) is 8. The molecule has 11 heteroatoms. The summed E-state index contributed by atoms with van der Waals surface area (Å²) in [7, 11) is 1.57. The van der Waals surface area contributed by atoms with Gasteiger partial charge in [-0.25, -0.2) is 4.68 Å². The zero-order valence-corrected chi connectivity index (χ0v) is 22.9. The summed E-state index contributed by atoms with van der Waals surface area (Å²) in [6.07, 6.45) is 2.07. The standard InChI is InChI=1S/C27H31N7O3S/c1-6-33-21(11-13-28-33)29-19-9-7-18(8-10-19)23-22-15(2)16(3)38-26(22)34-17(4)31-32-25(34)24(30-23)20(27(35)36)12-14-37-5/h7-11,13,20,24,29H,6,12,14H2,1-5H3,(H,35,36)/t20-,24?/m0/s1. The van der Waals surface area contributed by atoms with E-state index in [2.05, 4.69) is 34.5 Å². The number of aromatic nitrogens is 5. The maximum atomic E-state index is 12.5. The van der Waals surface area contributed by atoms with Gasteiger partial charge < -0.3 is 15.2 Å². The molecular formula is C27H31N7O3S. The van der Waals surface area contributed by atoms with Gasteiger partial charge in [-0.1, -0.05) is 12.1 Å². The van der Waals surface area contributed by atoms with Crippen LogP contribution in [0.1, 0.15) is 52.6 Å². The van der Waals surface area contributed by atoms with Gasteiger partial charge in [0.1, 0.15) is 22.7 Å². The van der Waals surface area contributed by atoms with E-state index in [4.69, 9.17) is 9.73 Å². The summed E-state index contributed by atoms with van der Waals surface area (Å²) in [5.74, 6) is 0.390. The Balaban J connectivity index is 1.64. The van der Waals surface area contributed by atoms with Gasteiger partial charge >= 0.3 is 5.97 Å². The summed E-state index contributed by atoms with van der Waals surface area (Å²) in [6.45, 7) is 9.18. The van der Waals surface area contributed by atoms with Crippen molar-refractivity contribution in [2.24, 2.45) is 10.9 Å². The van der Waals surface area contributed by atoms with E-state index in [0.717, 1.165) is 45.5 Å². The van der Waals surface area contributed by atoms with Crippen molar-refractivity contribution in [2.75, 3.05) is 19.0 Å². The minimum atomic E-state index is -0.937. The molecule has 0 spiro atoms. The number of aliphatic imine (C=N–C) groups is 1. The van der Waals surface area contributed by atoms with Crippen LogP contribution >= 0.6 is 11.3 Å². The van der Waals surface area contributed by atoms with Crippen LogP contribution in [0.5, 0.6) is 0 Å². The number of nitrogens with zero attached hydrogens (tertiary/aromatic N) is 6. The highest BCUT2D eigenvalue weighted by atomic mass is 32.1. The van der Waals surface area contributed by atoms with Gasteiger partial charge in [0, 0.05) is 48.0 Å². The molecule has 38 heavy (non-hydrogen) atoms. The maximum Gasteiger partial charge on any atom is 0.309 e. The third-order valence-electron chi connectivity index (χ3n) is 6.97. The van der Waals surface area contributed by atoms with Gasteiger partial charge in [0.25, 0.3) is 0 Å². The van der Waals surface area contributed by atoms with E-state index in [1.54, 1.807) is 24.6 Å². The Labute approximate surface area is 225 Å². The molecule has 0 saturated carbocycles. The highest BCUT2D eigenvalue weighted by Gasteiger charge is 2.38. The van der Waals surface area contributed by atoms with Crippen molar-refractivity contribution in [2.45, 2.75) is 46.7 Å². The van der Waals surface area contributed by atoms with Crippen molar-refractivity contribution in [1.82, 2.24) is 24.5 Å². The van der Waals surface area contributed by atoms with E-state index >= 15 is 0 Å². The Morgan fingerprint density at radius 1 is 1.18 bits per heavy atom. The van der Waals surface area contributed by atoms with Crippen LogP contribution in [0.3, 0.4) is 0 Å². The molecule has 0 aliphatic carbocycles. The average molecular weight is 534 g/mol. The van der Waals surface area contributed by atoms with E-state index in [1.165, 1.54) is 4.88 Å². The first-order chi connectivity index (χ1) is 18.3. The Kier molecular flexibility index (Phi) is 7.13. The Morgan fingerprint density at radius 2 is 1.95 bits per heavy atom. The van der Waals surface area contributed by atoms with Gasteiger partial charge in [-0.3, -0.25) is 14.4 Å². The first kappa shape index (κ1) is 25.8. The van der Waals surface area contributed by atoms with Crippen LogP contribution in [0.2, 0.25) is 0 Å². The topological polar surface area (TPSA) is 119 Å². The molecule has 1 aliphatic heterocycles. The summed E-state index contributed by atoms with van der Waals surface area (Å²) in [5.41, 5.74) is 4.68. The van der Waals surface area contributed by atoms with Gasteiger partial charge in [0.2, 0.25) is 0 Å². The number of nitrogens with one attached hydrogen (secondary N) is 1. The number of rotatable bonds is 9. The molecule has 0 fully saturated rings.